The van der Waals surface area contributed by atoms with Gasteiger partial charge < -0.3 is 4.74 Å². The average Bonchev–Trinajstić information content (AvgIpc) is 2.55. The van der Waals surface area contributed by atoms with Crippen LogP contribution in [0, 0.1) is 10.8 Å². The molecule has 2 aromatic carbocycles. The van der Waals surface area contributed by atoms with Crippen LogP contribution in [0.15, 0.2) is 60.7 Å². The van der Waals surface area contributed by atoms with Crippen LogP contribution in [0.3, 0.4) is 0 Å². The predicted molar refractivity (Wildman–Crippen MR) is 113 cm³/mol. The molecule has 0 spiro atoms. The van der Waals surface area contributed by atoms with Crippen LogP contribution in [0.1, 0.15) is 41.5 Å². The molecule has 3 nitrogen and oxygen atoms in total. The van der Waals surface area contributed by atoms with Gasteiger partial charge in [0.25, 0.3) is 0 Å². The van der Waals surface area contributed by atoms with E-state index in [2.05, 4.69) is 48.5 Å². The number of hydrogen-bond acceptors (Lipinski definition) is 3. The minimum Gasteiger partial charge on any atom is -0.392 e. The molecule has 142 valence electrons. The first-order valence-corrected chi connectivity index (χ1v) is 8.39. The van der Waals surface area contributed by atoms with Crippen LogP contribution in [0.2, 0.25) is 0 Å². The zero-order valence-corrected chi connectivity index (χ0v) is 18.1. The lowest BCUT2D eigenvalue weighted by molar-refractivity contribution is -0.170. The third-order valence-electron chi connectivity index (χ3n) is 3.29. The van der Waals surface area contributed by atoms with E-state index in [1.165, 1.54) is 11.1 Å². The Morgan fingerprint density at radius 2 is 0.885 bits per heavy atom. The molecule has 2 aromatic rings. The molecule has 26 heavy (non-hydrogen) atoms. The molecule has 0 heterocycles. The van der Waals surface area contributed by atoms with Crippen LogP contribution in [0.4, 0.5) is 0 Å². The molecule has 0 aromatic heterocycles. The first-order chi connectivity index (χ1) is 11.5. The molecule has 4 heteroatoms. The third kappa shape index (κ3) is 8.40. The van der Waals surface area contributed by atoms with Gasteiger partial charge in [-0.05, 0) is 52.7 Å². The van der Waals surface area contributed by atoms with Crippen molar-refractivity contribution in [2.24, 2.45) is 10.8 Å². The van der Waals surface area contributed by atoms with Crippen molar-refractivity contribution in [1.29, 1.82) is 0 Å². The van der Waals surface area contributed by atoms with Crippen molar-refractivity contribution < 1.29 is 14.3 Å². The van der Waals surface area contributed by atoms with Gasteiger partial charge in [0.15, 0.2) is 0 Å². The topological polar surface area (TPSA) is 43.4 Å². The minimum atomic E-state index is -0.624. The van der Waals surface area contributed by atoms with Crippen LogP contribution in [0.25, 0.3) is 11.1 Å². The smallest absolute Gasteiger partial charge is 0.318 e. The lowest BCUT2D eigenvalue weighted by atomic mass is 9.95. The Morgan fingerprint density at radius 1 is 0.615 bits per heavy atom. The van der Waals surface area contributed by atoms with Gasteiger partial charge in [-0.15, -0.1) is 0 Å². The first kappa shape index (κ1) is 24.0. The lowest BCUT2D eigenvalue weighted by Gasteiger charge is -2.20. The maximum absolute atomic E-state index is 11.3. The highest BCUT2D eigenvalue weighted by Gasteiger charge is 2.31. The van der Waals surface area contributed by atoms with Crippen molar-refractivity contribution in [2.75, 3.05) is 0 Å². The second-order valence-corrected chi connectivity index (χ2v) is 7.91. The van der Waals surface area contributed by atoms with Gasteiger partial charge in [-0.3, -0.25) is 9.59 Å². The van der Waals surface area contributed by atoms with Crippen molar-refractivity contribution in [2.45, 2.75) is 41.5 Å². The van der Waals surface area contributed by atoms with Crippen molar-refractivity contribution >= 4 is 21.8 Å². The van der Waals surface area contributed by atoms with Gasteiger partial charge in [0.1, 0.15) is 0 Å². The molecule has 0 aliphatic heterocycles. The molecule has 1 unspecified atom stereocenters. The monoisotopic (exact) mass is 374 g/mol. The molecule has 0 radical (unpaired) electrons. The molecular formula is C22H31O3P. The molecular weight excluding hydrogens is 343 g/mol. The number of rotatable bonds is 1. The minimum absolute atomic E-state index is 0. The molecule has 0 bridgehead atoms. The number of esters is 2. The van der Waals surface area contributed by atoms with E-state index in [-0.39, 0.29) is 9.90 Å². The van der Waals surface area contributed by atoms with Gasteiger partial charge in [-0.2, -0.15) is 9.90 Å². The van der Waals surface area contributed by atoms with Crippen LogP contribution in [-0.2, 0) is 14.3 Å². The molecule has 0 saturated carbocycles. The van der Waals surface area contributed by atoms with Crippen molar-refractivity contribution in [1.82, 2.24) is 0 Å². The van der Waals surface area contributed by atoms with Gasteiger partial charge in [-0.25, -0.2) is 0 Å². The van der Waals surface area contributed by atoms with E-state index in [4.69, 9.17) is 4.74 Å². The SMILES string of the molecule is CC(C)(C)C(=O)OC(=O)C(C)(C)C.P.c1ccc(-c2ccccc2)cc1. The maximum atomic E-state index is 11.3. The summed E-state index contributed by atoms with van der Waals surface area (Å²) in [6.07, 6.45) is 0. The lowest BCUT2D eigenvalue weighted by Crippen LogP contribution is -2.31. The largest absolute Gasteiger partial charge is 0.392 e. The summed E-state index contributed by atoms with van der Waals surface area (Å²) in [7, 11) is 0. The summed E-state index contributed by atoms with van der Waals surface area (Å²) in [6, 6.07) is 20.8. The Kier molecular flexibility index (Phi) is 9.45. The number of ether oxygens (including phenoxy) is 1. The number of carbonyl (C=O) groups excluding carboxylic acids is 2. The van der Waals surface area contributed by atoms with Gasteiger partial charge in [0, 0.05) is 0 Å². The van der Waals surface area contributed by atoms with Gasteiger partial charge >= 0.3 is 11.9 Å². The summed E-state index contributed by atoms with van der Waals surface area (Å²) in [5, 5.41) is 0. The van der Waals surface area contributed by atoms with E-state index < -0.39 is 22.8 Å². The normalized spacial score (nSPS) is 10.7. The van der Waals surface area contributed by atoms with Crippen molar-refractivity contribution in [3.05, 3.63) is 60.7 Å². The Morgan fingerprint density at radius 3 is 1.12 bits per heavy atom. The number of hydrogen-bond donors (Lipinski definition) is 0. The molecule has 1 atom stereocenters. The fraction of sp³-hybridized carbons (Fsp3) is 0.364. The summed E-state index contributed by atoms with van der Waals surface area (Å²) < 4.78 is 4.70. The van der Waals surface area contributed by atoms with Crippen molar-refractivity contribution in [3.63, 3.8) is 0 Å². The molecule has 0 N–H and O–H groups in total. The van der Waals surface area contributed by atoms with Crippen LogP contribution in [-0.4, -0.2) is 11.9 Å². The second kappa shape index (κ2) is 10.2. The highest BCUT2D eigenvalue weighted by Crippen LogP contribution is 2.20. The molecule has 0 aliphatic rings. The Bertz CT molecular complexity index is 619. The Hall–Kier alpha value is -1.99. The van der Waals surface area contributed by atoms with E-state index in [9.17, 15) is 9.59 Å². The van der Waals surface area contributed by atoms with Crippen LogP contribution in [0.5, 0.6) is 0 Å². The summed E-state index contributed by atoms with van der Waals surface area (Å²) in [5.41, 5.74) is 1.30. The zero-order chi connectivity index (χ0) is 19.1. The predicted octanol–water partition coefficient (Wildman–Crippen LogP) is 5.56. The summed E-state index contributed by atoms with van der Waals surface area (Å²) >= 11 is 0. The fourth-order valence-electron chi connectivity index (χ4n) is 1.65. The highest BCUT2D eigenvalue weighted by molar-refractivity contribution is 6.92. The standard InChI is InChI=1S/C12H10.C10H18O3.H3P/c1-3-7-11(8-4-1)12-9-5-2-6-10-12;1-9(2,3)7(11)13-8(12)10(4,5)6;/h1-10H;1-6H3;1H3. The molecule has 0 saturated heterocycles. The number of benzene rings is 2. The summed E-state index contributed by atoms with van der Waals surface area (Å²) in [6.45, 7) is 10.3. The molecule has 0 amide bonds. The van der Waals surface area contributed by atoms with E-state index in [1.807, 2.05) is 12.1 Å². The average molecular weight is 374 g/mol. The molecule has 2 rings (SSSR count). The molecule has 0 aliphatic carbocycles. The van der Waals surface area contributed by atoms with E-state index in [0.29, 0.717) is 0 Å². The van der Waals surface area contributed by atoms with E-state index in [0.717, 1.165) is 0 Å². The fourth-order valence-corrected chi connectivity index (χ4v) is 1.65. The Labute approximate surface area is 160 Å². The molecule has 0 fully saturated rings. The van der Waals surface area contributed by atoms with Gasteiger partial charge in [0.05, 0.1) is 10.8 Å². The van der Waals surface area contributed by atoms with Gasteiger partial charge in [0.2, 0.25) is 0 Å². The first-order valence-electron chi connectivity index (χ1n) is 8.39. The summed E-state index contributed by atoms with van der Waals surface area (Å²) in [5.74, 6) is -0.958. The quantitative estimate of drug-likeness (QED) is 0.373. The second-order valence-electron chi connectivity index (χ2n) is 7.91. The van der Waals surface area contributed by atoms with Crippen LogP contribution < -0.4 is 0 Å². The van der Waals surface area contributed by atoms with Gasteiger partial charge in [-0.1, -0.05) is 60.7 Å². The third-order valence-corrected chi connectivity index (χ3v) is 3.29. The van der Waals surface area contributed by atoms with Crippen molar-refractivity contribution in [3.8, 4) is 11.1 Å². The van der Waals surface area contributed by atoms with Crippen LogP contribution >= 0.6 is 9.90 Å². The van der Waals surface area contributed by atoms with E-state index in [1.54, 1.807) is 41.5 Å². The Balaban J connectivity index is 0.000000463. The number of carbonyl (C=O) groups is 2. The zero-order valence-electron chi connectivity index (χ0n) is 16.7. The highest BCUT2D eigenvalue weighted by atomic mass is 31.0. The van der Waals surface area contributed by atoms with E-state index >= 15 is 0 Å². The maximum Gasteiger partial charge on any atom is 0.318 e. The summed E-state index contributed by atoms with van der Waals surface area (Å²) in [4.78, 5) is 22.6.